The Labute approximate surface area is 206 Å². The first-order chi connectivity index (χ1) is 16.8. The number of nitrogens with one attached hydrogen (secondary N) is 1. The molecule has 1 fully saturated rings. The molecule has 2 aromatic heterocycles. The Kier molecular flexibility index (Phi) is 5.88. The lowest BCUT2D eigenvalue weighted by Gasteiger charge is -2.12. The maximum absolute atomic E-state index is 11.4. The molecule has 4 aromatic rings. The summed E-state index contributed by atoms with van der Waals surface area (Å²) in [5.74, 6) is 1.55. The van der Waals surface area contributed by atoms with Crippen molar-refractivity contribution in [2.24, 2.45) is 0 Å². The highest BCUT2D eigenvalue weighted by Crippen LogP contribution is 2.38. The number of nitriles is 1. The van der Waals surface area contributed by atoms with E-state index in [-0.39, 0.29) is 11.9 Å². The summed E-state index contributed by atoms with van der Waals surface area (Å²) < 4.78 is 36.8. The molecule has 0 amide bonds. The Balaban J connectivity index is 1.34. The molecule has 0 saturated heterocycles. The van der Waals surface area contributed by atoms with Crippen LogP contribution < -0.4 is 14.2 Å². The van der Waals surface area contributed by atoms with Crippen LogP contribution >= 0.6 is 11.6 Å². The molecule has 0 bridgehead atoms. The van der Waals surface area contributed by atoms with Crippen molar-refractivity contribution in [2.45, 2.75) is 18.9 Å². The molecule has 1 saturated carbocycles. The molecule has 176 valence electrons. The molecule has 1 aliphatic carbocycles. The van der Waals surface area contributed by atoms with Crippen molar-refractivity contribution < 1.29 is 17.9 Å². The van der Waals surface area contributed by atoms with Crippen molar-refractivity contribution in [1.29, 1.82) is 5.26 Å². The minimum atomic E-state index is -3.44. The molecule has 35 heavy (non-hydrogen) atoms. The fourth-order valence-corrected chi connectivity index (χ4v) is 4.05. The summed E-state index contributed by atoms with van der Waals surface area (Å²) in [5.41, 5.74) is 2.58. The lowest BCUT2D eigenvalue weighted by molar-refractivity contribution is 0.302. The van der Waals surface area contributed by atoms with E-state index in [9.17, 15) is 13.7 Å². The number of aromatic nitrogens is 3. The van der Waals surface area contributed by atoms with Gasteiger partial charge in [-0.05, 0) is 49.2 Å². The van der Waals surface area contributed by atoms with Crippen molar-refractivity contribution >= 4 is 38.6 Å². The van der Waals surface area contributed by atoms with Crippen LogP contribution in [0.5, 0.6) is 17.2 Å². The highest BCUT2D eigenvalue weighted by molar-refractivity contribution is 7.92. The Morgan fingerprint density at radius 1 is 1.09 bits per heavy atom. The molecule has 0 unspecified atom stereocenters. The van der Waals surface area contributed by atoms with Gasteiger partial charge in [-0.25, -0.2) is 23.4 Å². The standard InChI is InChI=1S/C24H18ClN5O4S/c1-35(31,32)30-22-9-8-20-24(29-22)27-13-21(28-20)14-2-4-16(5-3-14)33-18-10-15(12-26)23(19(25)11-18)34-17-6-7-17/h2-5,8-11,13,17H,6-7H2,1H3,(H,27,29,30). The predicted octanol–water partition coefficient (Wildman–Crippen LogP) is 4.92. The van der Waals surface area contributed by atoms with E-state index >= 15 is 0 Å². The summed E-state index contributed by atoms with van der Waals surface area (Å²) in [5, 5.41) is 9.81. The molecule has 1 N–H and O–H groups in total. The monoisotopic (exact) mass is 507 g/mol. The normalized spacial score (nSPS) is 13.3. The van der Waals surface area contributed by atoms with Gasteiger partial charge >= 0.3 is 0 Å². The molecule has 2 aromatic carbocycles. The Morgan fingerprint density at radius 2 is 1.86 bits per heavy atom. The zero-order valence-corrected chi connectivity index (χ0v) is 20.0. The number of halogens is 1. The number of hydrogen-bond donors (Lipinski definition) is 1. The number of rotatable bonds is 7. The predicted molar refractivity (Wildman–Crippen MR) is 131 cm³/mol. The Hall–Kier alpha value is -3.94. The summed E-state index contributed by atoms with van der Waals surface area (Å²) in [6, 6.07) is 15.7. The first kappa shape index (κ1) is 22.8. The highest BCUT2D eigenvalue weighted by Gasteiger charge is 2.26. The third-order valence-electron chi connectivity index (χ3n) is 5.03. The van der Waals surface area contributed by atoms with Gasteiger partial charge in [0, 0.05) is 17.7 Å². The van der Waals surface area contributed by atoms with E-state index in [1.54, 1.807) is 36.5 Å². The molecular weight excluding hydrogens is 490 g/mol. The van der Waals surface area contributed by atoms with Gasteiger partial charge in [0.05, 0.1) is 34.8 Å². The minimum Gasteiger partial charge on any atom is -0.487 e. The van der Waals surface area contributed by atoms with Crippen molar-refractivity contribution in [2.75, 3.05) is 11.0 Å². The van der Waals surface area contributed by atoms with E-state index in [0.717, 1.165) is 24.7 Å². The maximum atomic E-state index is 11.4. The molecule has 1 aliphatic rings. The fraction of sp³-hybridized carbons (Fsp3) is 0.167. The summed E-state index contributed by atoms with van der Waals surface area (Å²) in [7, 11) is -3.44. The molecule has 9 nitrogen and oxygen atoms in total. The molecule has 11 heteroatoms. The summed E-state index contributed by atoms with van der Waals surface area (Å²) in [6.07, 6.45) is 4.67. The average molecular weight is 508 g/mol. The zero-order chi connectivity index (χ0) is 24.6. The number of sulfonamides is 1. The molecule has 0 radical (unpaired) electrons. The van der Waals surface area contributed by atoms with Crippen LogP contribution in [0.15, 0.2) is 54.7 Å². The number of ether oxygens (including phenoxy) is 2. The van der Waals surface area contributed by atoms with Gasteiger partial charge in [-0.2, -0.15) is 5.26 Å². The zero-order valence-electron chi connectivity index (χ0n) is 18.4. The van der Waals surface area contributed by atoms with Gasteiger partial charge in [0.2, 0.25) is 10.0 Å². The van der Waals surface area contributed by atoms with E-state index < -0.39 is 10.0 Å². The van der Waals surface area contributed by atoms with Crippen molar-refractivity contribution in [1.82, 2.24) is 15.0 Å². The number of fused-ring (bicyclic) bond motifs is 1. The first-order valence-electron chi connectivity index (χ1n) is 10.6. The minimum absolute atomic E-state index is 0.124. The van der Waals surface area contributed by atoms with E-state index in [0.29, 0.717) is 44.7 Å². The van der Waals surface area contributed by atoms with Gasteiger partial charge in [0.1, 0.15) is 28.9 Å². The Morgan fingerprint density at radius 3 is 2.54 bits per heavy atom. The molecule has 2 heterocycles. The van der Waals surface area contributed by atoms with Crippen LogP contribution in [-0.2, 0) is 10.0 Å². The summed E-state index contributed by atoms with van der Waals surface area (Å²) in [6.45, 7) is 0. The van der Waals surface area contributed by atoms with Crippen LogP contribution in [0, 0.1) is 11.3 Å². The van der Waals surface area contributed by atoms with E-state index in [1.807, 2.05) is 12.1 Å². The third kappa shape index (κ3) is 5.42. The van der Waals surface area contributed by atoms with Gasteiger partial charge in [-0.3, -0.25) is 4.72 Å². The number of hydrogen-bond acceptors (Lipinski definition) is 8. The summed E-state index contributed by atoms with van der Waals surface area (Å²) >= 11 is 6.34. The smallest absolute Gasteiger partial charge is 0.230 e. The van der Waals surface area contributed by atoms with E-state index in [4.69, 9.17) is 21.1 Å². The first-order valence-corrected chi connectivity index (χ1v) is 12.8. The number of nitrogens with zero attached hydrogens (tertiary/aromatic N) is 4. The van der Waals surface area contributed by atoms with Gasteiger partial charge in [-0.15, -0.1) is 0 Å². The van der Waals surface area contributed by atoms with Crippen LogP contribution in [-0.4, -0.2) is 35.7 Å². The van der Waals surface area contributed by atoms with Gasteiger partial charge < -0.3 is 9.47 Å². The molecule has 0 aliphatic heterocycles. The highest BCUT2D eigenvalue weighted by atomic mass is 35.5. The Bertz CT molecular complexity index is 1580. The van der Waals surface area contributed by atoms with E-state index in [1.165, 1.54) is 6.07 Å². The molecule has 0 spiro atoms. The quantitative estimate of drug-likeness (QED) is 0.373. The number of pyridine rings is 1. The van der Waals surface area contributed by atoms with Crippen LogP contribution in [0.25, 0.3) is 22.4 Å². The van der Waals surface area contributed by atoms with Crippen LogP contribution in [0.3, 0.4) is 0 Å². The molecule has 0 atom stereocenters. The van der Waals surface area contributed by atoms with Crippen LogP contribution in [0.1, 0.15) is 18.4 Å². The molecule has 5 rings (SSSR count). The van der Waals surface area contributed by atoms with Gasteiger partial charge in [-0.1, -0.05) is 11.6 Å². The van der Waals surface area contributed by atoms with Crippen molar-refractivity contribution in [3.63, 3.8) is 0 Å². The maximum Gasteiger partial charge on any atom is 0.230 e. The SMILES string of the molecule is CS(=O)(=O)Nc1ccc2nc(-c3ccc(Oc4cc(Cl)c(OC5CC5)c(C#N)c4)cc3)cnc2n1. The van der Waals surface area contributed by atoms with Crippen LogP contribution in [0.2, 0.25) is 5.02 Å². The van der Waals surface area contributed by atoms with Crippen molar-refractivity contribution in [3.05, 3.63) is 65.3 Å². The lowest BCUT2D eigenvalue weighted by atomic mass is 10.1. The number of benzene rings is 2. The third-order valence-corrected chi connectivity index (χ3v) is 5.89. The summed E-state index contributed by atoms with van der Waals surface area (Å²) in [4.78, 5) is 13.0. The van der Waals surface area contributed by atoms with Crippen LogP contribution in [0.4, 0.5) is 5.82 Å². The second kappa shape index (κ2) is 9.02. The van der Waals surface area contributed by atoms with Gasteiger partial charge in [0.15, 0.2) is 11.4 Å². The van der Waals surface area contributed by atoms with E-state index in [2.05, 4.69) is 25.7 Å². The van der Waals surface area contributed by atoms with Gasteiger partial charge in [0.25, 0.3) is 0 Å². The molecular formula is C24H18ClN5O4S. The second-order valence-corrected chi connectivity index (χ2v) is 10.2. The largest absolute Gasteiger partial charge is 0.487 e. The number of anilines is 1. The second-order valence-electron chi connectivity index (χ2n) is 8.01. The van der Waals surface area contributed by atoms with Crippen molar-refractivity contribution in [3.8, 4) is 34.6 Å². The lowest BCUT2D eigenvalue weighted by Crippen LogP contribution is -2.10. The average Bonchev–Trinajstić information content (AvgIpc) is 3.64. The fourth-order valence-electron chi connectivity index (χ4n) is 3.30. The topological polar surface area (TPSA) is 127 Å².